The monoisotopic (exact) mass is 296 g/mol. The summed E-state index contributed by atoms with van der Waals surface area (Å²) in [6, 6.07) is 15.7. The second-order valence-corrected chi connectivity index (χ2v) is 5.55. The van der Waals surface area contributed by atoms with Gasteiger partial charge in [0.1, 0.15) is 11.5 Å². The lowest BCUT2D eigenvalue weighted by Crippen LogP contribution is -2.48. The van der Waals surface area contributed by atoms with Gasteiger partial charge in [0.25, 0.3) is 0 Å². The van der Waals surface area contributed by atoms with Crippen molar-refractivity contribution in [2.75, 3.05) is 0 Å². The predicted molar refractivity (Wildman–Crippen MR) is 80.7 cm³/mol. The normalized spacial score (nSPS) is 19.7. The highest BCUT2D eigenvalue weighted by Crippen LogP contribution is 2.45. The summed E-state index contributed by atoms with van der Waals surface area (Å²) in [7, 11) is 0. The van der Waals surface area contributed by atoms with E-state index < -0.39 is 17.4 Å². The zero-order valence-corrected chi connectivity index (χ0v) is 12.4. The van der Waals surface area contributed by atoms with E-state index >= 15 is 0 Å². The number of fused-ring (bicyclic) bond motifs is 1. The van der Waals surface area contributed by atoms with Gasteiger partial charge in [-0.25, -0.2) is 0 Å². The lowest BCUT2D eigenvalue weighted by Gasteiger charge is -2.27. The Bertz CT molecular complexity index is 721. The van der Waals surface area contributed by atoms with Gasteiger partial charge in [0, 0.05) is 5.56 Å². The zero-order chi connectivity index (χ0) is 15.7. The van der Waals surface area contributed by atoms with Crippen LogP contribution in [0.5, 0.6) is 11.5 Å². The quantitative estimate of drug-likeness (QED) is 0.496. The average Bonchev–Trinajstić information content (AvgIpc) is 2.81. The highest BCUT2D eigenvalue weighted by molar-refractivity contribution is 6.11. The summed E-state index contributed by atoms with van der Waals surface area (Å²) in [5, 5.41) is 0. The largest absolute Gasteiger partial charge is 0.425 e. The van der Waals surface area contributed by atoms with E-state index in [1.165, 1.54) is 0 Å². The Morgan fingerprint density at radius 3 is 2.36 bits per heavy atom. The van der Waals surface area contributed by atoms with E-state index in [0.717, 1.165) is 0 Å². The standard InChI is InChI=1S/C18H16O4/c1-12(2)18(16(19)21-13-8-4-3-5-9-13)14-10-6-7-11-15(14)22-17(18)20/h3-12H,1-2H3. The molecule has 1 aliphatic rings. The molecule has 1 aliphatic heterocycles. The predicted octanol–water partition coefficient (Wildman–Crippen LogP) is 3.11. The Morgan fingerprint density at radius 2 is 1.68 bits per heavy atom. The van der Waals surface area contributed by atoms with Gasteiger partial charge in [-0.15, -0.1) is 0 Å². The molecule has 1 heterocycles. The van der Waals surface area contributed by atoms with Crippen molar-refractivity contribution >= 4 is 11.9 Å². The third-order valence-corrected chi connectivity index (χ3v) is 3.98. The van der Waals surface area contributed by atoms with Crippen LogP contribution in [0.1, 0.15) is 19.4 Å². The maximum Gasteiger partial charge on any atom is 0.333 e. The molecule has 0 bridgehead atoms. The Kier molecular flexibility index (Phi) is 3.45. The number of esters is 2. The van der Waals surface area contributed by atoms with Crippen LogP contribution >= 0.6 is 0 Å². The molecule has 2 aromatic carbocycles. The Morgan fingerprint density at radius 1 is 1.05 bits per heavy atom. The van der Waals surface area contributed by atoms with E-state index in [1.807, 2.05) is 19.9 Å². The summed E-state index contributed by atoms with van der Waals surface area (Å²) in [6.07, 6.45) is 0. The van der Waals surface area contributed by atoms with Gasteiger partial charge in [-0.2, -0.15) is 0 Å². The first kappa shape index (κ1) is 14.3. The van der Waals surface area contributed by atoms with Crippen LogP contribution in [0.25, 0.3) is 0 Å². The molecule has 1 unspecified atom stereocenters. The van der Waals surface area contributed by atoms with Gasteiger partial charge in [-0.05, 0) is 24.1 Å². The minimum absolute atomic E-state index is 0.292. The number of benzene rings is 2. The smallest absolute Gasteiger partial charge is 0.333 e. The van der Waals surface area contributed by atoms with Crippen molar-refractivity contribution in [3.63, 3.8) is 0 Å². The van der Waals surface area contributed by atoms with Crippen molar-refractivity contribution in [2.24, 2.45) is 5.92 Å². The molecule has 0 radical (unpaired) electrons. The minimum Gasteiger partial charge on any atom is -0.425 e. The van der Waals surface area contributed by atoms with Gasteiger partial charge in [-0.1, -0.05) is 50.2 Å². The third-order valence-electron chi connectivity index (χ3n) is 3.98. The molecule has 4 heteroatoms. The molecule has 0 N–H and O–H groups in total. The maximum atomic E-state index is 12.8. The lowest BCUT2D eigenvalue weighted by atomic mass is 9.72. The van der Waals surface area contributed by atoms with Crippen LogP contribution < -0.4 is 9.47 Å². The Hall–Kier alpha value is -2.62. The molecule has 0 spiro atoms. The van der Waals surface area contributed by atoms with Crippen molar-refractivity contribution in [2.45, 2.75) is 19.3 Å². The summed E-state index contributed by atoms with van der Waals surface area (Å²) in [5.41, 5.74) is -0.858. The third kappa shape index (κ3) is 1.99. The summed E-state index contributed by atoms with van der Waals surface area (Å²) in [4.78, 5) is 25.3. The van der Waals surface area contributed by atoms with Crippen LogP contribution in [-0.2, 0) is 15.0 Å². The molecule has 22 heavy (non-hydrogen) atoms. The second-order valence-electron chi connectivity index (χ2n) is 5.55. The average molecular weight is 296 g/mol. The van der Waals surface area contributed by atoms with Crippen LogP contribution in [0.2, 0.25) is 0 Å². The SMILES string of the molecule is CC(C)C1(C(=O)Oc2ccccc2)C(=O)Oc2ccccc21. The number of ether oxygens (including phenoxy) is 2. The van der Waals surface area contributed by atoms with E-state index in [4.69, 9.17) is 9.47 Å². The van der Waals surface area contributed by atoms with Crippen molar-refractivity contribution in [1.29, 1.82) is 0 Å². The van der Waals surface area contributed by atoms with Gasteiger partial charge < -0.3 is 9.47 Å². The fraction of sp³-hybridized carbons (Fsp3) is 0.222. The number of carbonyl (C=O) groups excluding carboxylic acids is 2. The van der Waals surface area contributed by atoms with Crippen LogP contribution in [0.3, 0.4) is 0 Å². The summed E-state index contributed by atoms with van der Waals surface area (Å²) in [5.74, 6) is -0.649. The van der Waals surface area contributed by atoms with Gasteiger partial charge in [0.15, 0.2) is 5.41 Å². The summed E-state index contributed by atoms with van der Waals surface area (Å²) < 4.78 is 10.8. The first-order valence-electron chi connectivity index (χ1n) is 7.16. The summed E-state index contributed by atoms with van der Waals surface area (Å²) in [6.45, 7) is 3.63. The molecule has 2 aromatic rings. The fourth-order valence-electron chi connectivity index (χ4n) is 2.82. The number of rotatable bonds is 3. The van der Waals surface area contributed by atoms with Gasteiger partial charge >= 0.3 is 11.9 Å². The van der Waals surface area contributed by atoms with Crippen molar-refractivity contribution in [3.8, 4) is 11.5 Å². The molecule has 0 saturated carbocycles. The lowest BCUT2D eigenvalue weighted by molar-refractivity contribution is -0.154. The number of para-hydroxylation sites is 2. The van der Waals surface area contributed by atoms with Crippen LogP contribution in [-0.4, -0.2) is 11.9 Å². The topological polar surface area (TPSA) is 52.6 Å². The Balaban J connectivity index is 2.06. The van der Waals surface area contributed by atoms with Gasteiger partial charge in [0.2, 0.25) is 0 Å². The molecular formula is C18H16O4. The maximum absolute atomic E-state index is 12.8. The minimum atomic E-state index is -1.42. The molecule has 3 rings (SSSR count). The molecule has 1 atom stereocenters. The molecular weight excluding hydrogens is 280 g/mol. The van der Waals surface area contributed by atoms with Crippen molar-refractivity contribution in [3.05, 3.63) is 60.2 Å². The highest BCUT2D eigenvalue weighted by atomic mass is 16.6. The second kappa shape index (κ2) is 5.30. The molecule has 0 amide bonds. The van der Waals surface area contributed by atoms with E-state index in [2.05, 4.69) is 0 Å². The van der Waals surface area contributed by atoms with E-state index in [1.54, 1.807) is 48.5 Å². The van der Waals surface area contributed by atoms with Crippen molar-refractivity contribution in [1.82, 2.24) is 0 Å². The molecule has 112 valence electrons. The van der Waals surface area contributed by atoms with Gasteiger partial charge in [-0.3, -0.25) is 9.59 Å². The highest BCUT2D eigenvalue weighted by Gasteiger charge is 2.58. The Labute approximate surface area is 128 Å². The van der Waals surface area contributed by atoms with Crippen LogP contribution in [0.15, 0.2) is 54.6 Å². The molecule has 0 fully saturated rings. The van der Waals surface area contributed by atoms with Gasteiger partial charge in [0.05, 0.1) is 0 Å². The number of hydrogen-bond donors (Lipinski definition) is 0. The molecule has 0 aromatic heterocycles. The molecule has 4 nitrogen and oxygen atoms in total. The van der Waals surface area contributed by atoms with E-state index in [9.17, 15) is 9.59 Å². The summed E-state index contributed by atoms with van der Waals surface area (Å²) >= 11 is 0. The van der Waals surface area contributed by atoms with E-state index in [-0.39, 0.29) is 5.92 Å². The first-order chi connectivity index (χ1) is 10.6. The zero-order valence-electron chi connectivity index (χ0n) is 12.4. The number of hydrogen-bond acceptors (Lipinski definition) is 4. The molecule has 0 aliphatic carbocycles. The van der Waals surface area contributed by atoms with Crippen LogP contribution in [0.4, 0.5) is 0 Å². The van der Waals surface area contributed by atoms with Crippen molar-refractivity contribution < 1.29 is 19.1 Å². The molecule has 0 saturated heterocycles. The number of carbonyl (C=O) groups is 2. The van der Waals surface area contributed by atoms with E-state index in [0.29, 0.717) is 17.1 Å². The fourth-order valence-corrected chi connectivity index (χ4v) is 2.82. The van der Waals surface area contributed by atoms with Crippen LogP contribution in [0, 0.1) is 5.92 Å². The first-order valence-corrected chi connectivity index (χ1v) is 7.16.